The zero-order valence-electron chi connectivity index (χ0n) is 26.6. The van der Waals surface area contributed by atoms with Gasteiger partial charge in [0.05, 0.1) is 45.4 Å². The molecule has 1 N–H and O–H groups in total. The third-order valence-corrected chi connectivity index (χ3v) is 8.67. The third-order valence-electron chi connectivity index (χ3n) is 8.67. The van der Waals surface area contributed by atoms with E-state index >= 15 is 0 Å². The van der Waals surface area contributed by atoms with Crippen LogP contribution in [0.4, 0.5) is 0 Å². The molecule has 1 aromatic carbocycles. The Morgan fingerprint density at radius 1 is 1.00 bits per heavy atom. The van der Waals surface area contributed by atoms with Crippen LogP contribution in [-0.4, -0.2) is 110 Å². The lowest BCUT2D eigenvalue weighted by molar-refractivity contribution is -0.325. The number of carbonyl (C=O) groups is 5. The fraction of sp³-hybridized carbons (Fsp3) is 0.656. The Morgan fingerprint density at radius 3 is 2.38 bits per heavy atom. The van der Waals surface area contributed by atoms with Crippen LogP contribution >= 0.6 is 0 Å². The smallest absolute Gasteiger partial charge is 0.366 e. The molecule has 11 unspecified atom stereocenters. The number of aliphatic hydroxyl groups excluding tert-OH is 1. The minimum absolute atomic E-state index is 0.101. The first kappa shape index (κ1) is 34.7. The molecule has 3 aliphatic heterocycles. The van der Waals surface area contributed by atoms with Crippen LogP contribution in [0.15, 0.2) is 30.3 Å². The second kappa shape index (κ2) is 14.6. The van der Waals surface area contributed by atoms with E-state index in [1.807, 2.05) is 30.3 Å². The summed E-state index contributed by atoms with van der Waals surface area (Å²) in [7, 11) is 1.12. The maximum Gasteiger partial charge on any atom is 0.366 e. The molecular weight excluding hydrogens is 624 g/mol. The number of hydrogen-bond acceptors (Lipinski definition) is 15. The largest absolute Gasteiger partial charge is 0.465 e. The molecule has 3 saturated heterocycles. The molecule has 47 heavy (non-hydrogen) atoms. The number of fused-ring (bicyclic) bond motifs is 2. The van der Waals surface area contributed by atoms with Gasteiger partial charge in [-0.2, -0.15) is 0 Å². The van der Waals surface area contributed by atoms with Gasteiger partial charge in [0.25, 0.3) is 5.79 Å². The summed E-state index contributed by atoms with van der Waals surface area (Å²) in [5, 5.41) is 11.1. The first-order valence-corrected chi connectivity index (χ1v) is 15.5. The highest BCUT2D eigenvalue weighted by Crippen LogP contribution is 2.47. The van der Waals surface area contributed by atoms with Crippen molar-refractivity contribution in [3.63, 3.8) is 0 Å². The maximum absolute atomic E-state index is 13.5. The summed E-state index contributed by atoms with van der Waals surface area (Å²) in [4.78, 5) is 62.1. The van der Waals surface area contributed by atoms with Gasteiger partial charge in [-0.15, -0.1) is 0 Å². The second-order valence-electron chi connectivity index (χ2n) is 12.1. The van der Waals surface area contributed by atoms with E-state index in [1.165, 1.54) is 0 Å². The highest BCUT2D eigenvalue weighted by Gasteiger charge is 2.62. The standard InChI is InChI=1S/C32H40O15/c1-16(33)40-14-24(43-17(2)34)30(44-18(3)35)28-21-11-26(36)46-23(21)12-32(47-28,31(38)39-4)42-15-25-29(27(37)20-10-22(20)45-25)41-13-19-8-6-5-7-9-19/h5-9,20-25,27-30,37H,10-15H2,1-4H3. The lowest BCUT2D eigenvalue weighted by atomic mass is 9.82. The number of ether oxygens (including phenoxy) is 9. The lowest BCUT2D eigenvalue weighted by Gasteiger charge is -2.46. The molecule has 11 atom stereocenters. The average Bonchev–Trinajstić information content (AvgIpc) is 3.72. The molecule has 0 aromatic heterocycles. The van der Waals surface area contributed by atoms with Crippen LogP contribution in [0.1, 0.15) is 45.6 Å². The van der Waals surface area contributed by atoms with Crippen molar-refractivity contribution in [3.05, 3.63) is 35.9 Å². The molecule has 5 rings (SSSR count). The predicted molar refractivity (Wildman–Crippen MR) is 154 cm³/mol. The maximum atomic E-state index is 13.5. The molecule has 15 nitrogen and oxygen atoms in total. The Labute approximate surface area is 271 Å². The first-order chi connectivity index (χ1) is 22.4. The second-order valence-corrected chi connectivity index (χ2v) is 12.1. The molecule has 4 aliphatic rings. The molecular formula is C32H40O15. The highest BCUT2D eigenvalue weighted by atomic mass is 16.7. The number of carbonyl (C=O) groups excluding carboxylic acids is 5. The first-order valence-electron chi connectivity index (χ1n) is 15.5. The fourth-order valence-electron chi connectivity index (χ4n) is 6.47. The highest BCUT2D eigenvalue weighted by molar-refractivity contribution is 5.79. The third kappa shape index (κ3) is 8.09. The van der Waals surface area contributed by atoms with Gasteiger partial charge < -0.3 is 47.7 Å². The summed E-state index contributed by atoms with van der Waals surface area (Å²) in [6.45, 7) is 2.71. The molecule has 0 amide bonds. The van der Waals surface area contributed by atoms with Crippen LogP contribution < -0.4 is 0 Å². The summed E-state index contributed by atoms with van der Waals surface area (Å²) in [6, 6.07) is 9.37. The van der Waals surface area contributed by atoms with E-state index in [-0.39, 0.29) is 38.1 Å². The van der Waals surface area contributed by atoms with E-state index in [2.05, 4.69) is 0 Å². The summed E-state index contributed by atoms with van der Waals surface area (Å²) >= 11 is 0. The SMILES string of the molecule is COC(=O)C1(OCC2OC3CC3C(O)C2OCc2ccccc2)CC2OC(=O)CC2C(C(OC(C)=O)C(COC(C)=O)OC(C)=O)O1. The van der Waals surface area contributed by atoms with E-state index in [9.17, 15) is 29.1 Å². The van der Waals surface area contributed by atoms with Gasteiger partial charge in [-0.1, -0.05) is 30.3 Å². The van der Waals surface area contributed by atoms with Crippen molar-refractivity contribution in [3.8, 4) is 0 Å². The van der Waals surface area contributed by atoms with Crippen molar-refractivity contribution in [2.75, 3.05) is 20.3 Å². The van der Waals surface area contributed by atoms with Crippen molar-refractivity contribution >= 4 is 29.8 Å². The average molecular weight is 665 g/mol. The predicted octanol–water partition coefficient (Wildman–Crippen LogP) is 0.753. The summed E-state index contributed by atoms with van der Waals surface area (Å²) < 4.78 is 51.6. The Bertz CT molecular complexity index is 1320. The van der Waals surface area contributed by atoms with Crippen LogP contribution in [0.2, 0.25) is 0 Å². The number of aliphatic hydroxyl groups is 1. The van der Waals surface area contributed by atoms with Gasteiger partial charge in [-0.3, -0.25) is 19.2 Å². The quantitative estimate of drug-likeness (QED) is 0.230. The molecule has 0 bridgehead atoms. The Kier molecular flexibility index (Phi) is 10.8. The minimum Gasteiger partial charge on any atom is -0.465 e. The Morgan fingerprint density at radius 2 is 1.72 bits per heavy atom. The van der Waals surface area contributed by atoms with Crippen LogP contribution in [0, 0.1) is 11.8 Å². The summed E-state index contributed by atoms with van der Waals surface area (Å²) in [5.41, 5.74) is 0.878. The van der Waals surface area contributed by atoms with Gasteiger partial charge in [0.1, 0.15) is 31.0 Å². The Hall–Kier alpha value is -3.63. The number of esters is 5. The van der Waals surface area contributed by atoms with E-state index in [0.29, 0.717) is 6.42 Å². The van der Waals surface area contributed by atoms with E-state index in [4.69, 9.17) is 42.6 Å². The number of rotatable bonds is 13. The van der Waals surface area contributed by atoms with E-state index < -0.39 is 90.9 Å². The van der Waals surface area contributed by atoms with Crippen LogP contribution in [0.5, 0.6) is 0 Å². The van der Waals surface area contributed by atoms with Crippen molar-refractivity contribution in [1.82, 2.24) is 0 Å². The zero-order valence-corrected chi connectivity index (χ0v) is 26.6. The fourth-order valence-corrected chi connectivity index (χ4v) is 6.47. The van der Waals surface area contributed by atoms with Crippen molar-refractivity contribution < 1.29 is 71.7 Å². The molecule has 3 heterocycles. The molecule has 4 fully saturated rings. The van der Waals surface area contributed by atoms with Crippen molar-refractivity contribution in [2.45, 2.75) is 101 Å². The van der Waals surface area contributed by atoms with Gasteiger partial charge in [-0.25, -0.2) is 4.79 Å². The number of hydrogen-bond donors (Lipinski definition) is 1. The van der Waals surface area contributed by atoms with Gasteiger partial charge in [-0.05, 0) is 12.0 Å². The van der Waals surface area contributed by atoms with Crippen molar-refractivity contribution in [1.29, 1.82) is 0 Å². The van der Waals surface area contributed by atoms with Crippen LogP contribution in [0.25, 0.3) is 0 Å². The molecule has 1 aromatic rings. The topological polar surface area (TPSA) is 189 Å². The Balaban J connectivity index is 1.43. The van der Waals surface area contributed by atoms with Crippen LogP contribution in [0.3, 0.4) is 0 Å². The van der Waals surface area contributed by atoms with Gasteiger partial charge >= 0.3 is 29.8 Å². The minimum atomic E-state index is -2.23. The van der Waals surface area contributed by atoms with Gasteiger partial charge in [0.2, 0.25) is 0 Å². The van der Waals surface area contributed by atoms with E-state index in [0.717, 1.165) is 33.4 Å². The number of methoxy groups -OCH3 is 1. The molecule has 0 radical (unpaired) electrons. The van der Waals surface area contributed by atoms with Gasteiger partial charge in [0, 0.05) is 32.6 Å². The lowest BCUT2D eigenvalue weighted by Crippen LogP contribution is -2.63. The summed E-state index contributed by atoms with van der Waals surface area (Å²) in [6.07, 6.45) is -7.78. The molecule has 1 saturated carbocycles. The normalized spacial score (nSPS) is 33.7. The molecule has 1 aliphatic carbocycles. The van der Waals surface area contributed by atoms with Crippen LogP contribution in [-0.2, 0) is 73.2 Å². The molecule has 15 heteroatoms. The zero-order chi connectivity index (χ0) is 33.9. The van der Waals surface area contributed by atoms with Crippen molar-refractivity contribution in [2.24, 2.45) is 11.8 Å². The monoisotopic (exact) mass is 664 g/mol. The van der Waals surface area contributed by atoms with Gasteiger partial charge in [0.15, 0.2) is 12.2 Å². The molecule has 258 valence electrons. The molecule has 0 spiro atoms. The number of benzene rings is 1. The summed E-state index contributed by atoms with van der Waals surface area (Å²) in [5.74, 6) is -7.00. The van der Waals surface area contributed by atoms with E-state index in [1.54, 1.807) is 0 Å².